The van der Waals surface area contributed by atoms with Gasteiger partial charge in [0.15, 0.2) is 6.23 Å². The van der Waals surface area contributed by atoms with Gasteiger partial charge in [-0.25, -0.2) is 4.99 Å². The Bertz CT molecular complexity index is 641. The van der Waals surface area contributed by atoms with Crippen LogP contribution in [-0.2, 0) is 14.3 Å². The first-order chi connectivity index (χ1) is 13.1. The molecule has 2 saturated heterocycles. The van der Waals surface area contributed by atoms with E-state index < -0.39 is 0 Å². The maximum Gasteiger partial charge on any atom is 0.301 e. The van der Waals surface area contributed by atoms with Crippen molar-refractivity contribution in [1.82, 2.24) is 15.8 Å². The predicted octanol–water partition coefficient (Wildman–Crippen LogP) is 1.48. The summed E-state index contributed by atoms with van der Waals surface area (Å²) in [6, 6.07) is 8.11. The van der Waals surface area contributed by atoms with Crippen molar-refractivity contribution < 1.29 is 14.3 Å². The third-order valence-electron chi connectivity index (χ3n) is 4.54. The molecule has 27 heavy (non-hydrogen) atoms. The number of anilines is 1. The average Bonchev–Trinajstić information content (AvgIpc) is 3.15. The van der Waals surface area contributed by atoms with Gasteiger partial charge < -0.3 is 14.8 Å². The number of nitrogens with zero attached hydrogens (tertiary/aromatic N) is 2. The van der Waals surface area contributed by atoms with Gasteiger partial charge in [0.05, 0.1) is 13.2 Å². The fourth-order valence-corrected chi connectivity index (χ4v) is 2.85. The fraction of sp³-hybridized carbons (Fsp3) is 0.579. The third kappa shape index (κ3) is 5.92. The number of ether oxygens (including phenoxy) is 2. The van der Waals surface area contributed by atoms with Gasteiger partial charge >= 0.3 is 6.02 Å². The van der Waals surface area contributed by atoms with Crippen LogP contribution < -0.4 is 16.2 Å². The first-order valence-electron chi connectivity index (χ1n) is 9.55. The molecule has 0 radical (unpaired) electrons. The lowest BCUT2D eigenvalue weighted by Crippen LogP contribution is -2.37. The highest BCUT2D eigenvalue weighted by Gasteiger charge is 2.22. The number of aliphatic imine (C=N–C) groups is 1. The first-order valence-corrected chi connectivity index (χ1v) is 9.55. The van der Waals surface area contributed by atoms with Crippen LogP contribution in [0.2, 0.25) is 0 Å². The number of rotatable bonds is 7. The van der Waals surface area contributed by atoms with Gasteiger partial charge in [-0.15, -0.1) is 0 Å². The zero-order valence-electron chi connectivity index (χ0n) is 16.0. The number of hydrazine groups is 1. The van der Waals surface area contributed by atoms with E-state index in [1.165, 1.54) is 0 Å². The lowest BCUT2D eigenvalue weighted by Gasteiger charge is -2.26. The van der Waals surface area contributed by atoms with Gasteiger partial charge in [0, 0.05) is 43.3 Å². The molecule has 0 bridgehead atoms. The monoisotopic (exact) mass is 375 g/mol. The molecule has 1 aromatic carbocycles. The molecule has 8 heteroatoms. The predicted molar refractivity (Wildman–Crippen MR) is 104 cm³/mol. The molecule has 1 aromatic rings. The Morgan fingerprint density at radius 2 is 2.04 bits per heavy atom. The van der Waals surface area contributed by atoms with Gasteiger partial charge in [0.25, 0.3) is 0 Å². The summed E-state index contributed by atoms with van der Waals surface area (Å²) in [5.41, 5.74) is 7.79. The topological polar surface area (TPSA) is 87.2 Å². The highest BCUT2D eigenvalue weighted by molar-refractivity contribution is 5.92. The Kier molecular flexibility index (Phi) is 7.03. The molecule has 8 nitrogen and oxygen atoms in total. The van der Waals surface area contributed by atoms with Gasteiger partial charge in [-0.3, -0.25) is 15.1 Å². The van der Waals surface area contributed by atoms with Gasteiger partial charge in [-0.2, -0.15) is 5.43 Å². The Labute approximate surface area is 160 Å². The van der Waals surface area contributed by atoms with Gasteiger partial charge in [0.1, 0.15) is 0 Å². The Morgan fingerprint density at radius 1 is 1.30 bits per heavy atom. The standard InChI is InChI=1S/C19H29N5O3/c1-14(2)17(25)21-16-6-4-15(5-7-16)18-22-23-19(27-18)20-8-3-9-24-10-12-26-13-11-24/h4-7,14,18,22H,3,8-13H2,1-2H3,(H,20,23)(H,21,25). The maximum atomic E-state index is 11.7. The van der Waals surface area contributed by atoms with Crippen molar-refractivity contribution in [3.8, 4) is 0 Å². The molecule has 1 amide bonds. The van der Waals surface area contributed by atoms with E-state index in [2.05, 4.69) is 26.1 Å². The van der Waals surface area contributed by atoms with Crippen molar-refractivity contribution in [3.63, 3.8) is 0 Å². The number of hydrogen-bond acceptors (Lipinski definition) is 6. The highest BCUT2D eigenvalue weighted by atomic mass is 16.5. The zero-order valence-corrected chi connectivity index (χ0v) is 16.0. The number of carbonyl (C=O) groups excluding carboxylic acids is 1. The van der Waals surface area contributed by atoms with E-state index in [4.69, 9.17) is 9.47 Å². The molecule has 0 spiro atoms. The van der Waals surface area contributed by atoms with Crippen LogP contribution in [0, 0.1) is 5.92 Å². The van der Waals surface area contributed by atoms with Crippen LogP contribution in [0.3, 0.4) is 0 Å². The van der Waals surface area contributed by atoms with Crippen LogP contribution in [0.25, 0.3) is 0 Å². The molecule has 2 aliphatic rings. The van der Waals surface area contributed by atoms with Crippen molar-refractivity contribution in [1.29, 1.82) is 0 Å². The SMILES string of the molecule is CC(C)C(=O)Nc1ccc(C2NNC(=NCCCN3CCOCC3)O2)cc1. The molecule has 2 fully saturated rings. The van der Waals surface area contributed by atoms with Gasteiger partial charge in [0.2, 0.25) is 5.91 Å². The van der Waals surface area contributed by atoms with E-state index >= 15 is 0 Å². The minimum Gasteiger partial charge on any atom is -0.439 e. The van der Waals surface area contributed by atoms with Gasteiger partial charge in [-0.05, 0) is 18.6 Å². The summed E-state index contributed by atoms with van der Waals surface area (Å²) in [6.45, 7) is 9.14. The van der Waals surface area contributed by atoms with E-state index in [-0.39, 0.29) is 18.1 Å². The van der Waals surface area contributed by atoms with Crippen molar-refractivity contribution in [3.05, 3.63) is 29.8 Å². The molecule has 3 rings (SSSR count). The Hall–Kier alpha value is -2.16. The molecule has 2 aliphatic heterocycles. The summed E-state index contributed by atoms with van der Waals surface area (Å²) in [5.74, 6) is -0.0399. The lowest BCUT2D eigenvalue weighted by molar-refractivity contribution is -0.118. The lowest BCUT2D eigenvalue weighted by atomic mass is 10.1. The number of amidine groups is 1. The quantitative estimate of drug-likeness (QED) is 0.626. The molecule has 1 atom stereocenters. The summed E-state index contributed by atoms with van der Waals surface area (Å²) in [5, 5.41) is 2.88. The number of carbonyl (C=O) groups is 1. The second kappa shape index (κ2) is 9.68. The molecule has 0 saturated carbocycles. The zero-order chi connectivity index (χ0) is 19.1. The summed E-state index contributed by atoms with van der Waals surface area (Å²) >= 11 is 0. The molecule has 1 unspecified atom stereocenters. The fourth-order valence-electron chi connectivity index (χ4n) is 2.85. The second-order valence-electron chi connectivity index (χ2n) is 7.03. The number of morpholine rings is 1. The van der Waals surface area contributed by atoms with Crippen LogP contribution in [0.5, 0.6) is 0 Å². The van der Waals surface area contributed by atoms with Crippen LogP contribution in [0.4, 0.5) is 5.69 Å². The molecule has 3 N–H and O–H groups in total. The number of benzene rings is 1. The average molecular weight is 375 g/mol. The van der Waals surface area contributed by atoms with E-state index in [9.17, 15) is 4.79 Å². The molecular formula is C19H29N5O3. The molecule has 0 aliphatic carbocycles. The van der Waals surface area contributed by atoms with Crippen molar-refractivity contribution in [2.75, 3.05) is 44.7 Å². The number of nitrogens with one attached hydrogen (secondary N) is 3. The van der Waals surface area contributed by atoms with E-state index in [0.29, 0.717) is 12.6 Å². The van der Waals surface area contributed by atoms with E-state index in [1.54, 1.807) is 0 Å². The van der Waals surface area contributed by atoms with Crippen LogP contribution in [0.15, 0.2) is 29.3 Å². The molecular weight excluding hydrogens is 346 g/mol. The summed E-state index contributed by atoms with van der Waals surface area (Å²) in [6.07, 6.45) is 0.696. The molecule has 148 valence electrons. The van der Waals surface area contributed by atoms with Crippen LogP contribution in [-0.4, -0.2) is 56.2 Å². The van der Waals surface area contributed by atoms with Crippen LogP contribution in [0.1, 0.15) is 32.1 Å². The largest absolute Gasteiger partial charge is 0.439 e. The minimum absolute atomic E-state index is 0.00570. The second-order valence-corrected chi connectivity index (χ2v) is 7.03. The number of amides is 1. The minimum atomic E-state index is -0.294. The summed E-state index contributed by atoms with van der Waals surface area (Å²) in [4.78, 5) is 18.6. The Morgan fingerprint density at radius 3 is 2.74 bits per heavy atom. The first kappa shape index (κ1) is 19.6. The van der Waals surface area contributed by atoms with E-state index in [0.717, 1.165) is 50.5 Å². The normalized spacial score (nSPS) is 21.9. The number of hydrogen-bond donors (Lipinski definition) is 3. The molecule has 2 heterocycles. The maximum absolute atomic E-state index is 11.7. The van der Waals surface area contributed by atoms with Gasteiger partial charge in [-0.1, -0.05) is 26.0 Å². The third-order valence-corrected chi connectivity index (χ3v) is 4.54. The summed E-state index contributed by atoms with van der Waals surface area (Å²) in [7, 11) is 0. The van der Waals surface area contributed by atoms with Crippen LogP contribution >= 0.6 is 0 Å². The summed E-state index contributed by atoms with van der Waals surface area (Å²) < 4.78 is 11.2. The van der Waals surface area contributed by atoms with E-state index in [1.807, 2.05) is 38.1 Å². The van der Waals surface area contributed by atoms with Crippen molar-refractivity contribution >= 4 is 17.6 Å². The smallest absolute Gasteiger partial charge is 0.301 e. The Balaban J connectivity index is 1.42. The molecule has 0 aromatic heterocycles. The highest BCUT2D eigenvalue weighted by Crippen LogP contribution is 2.20. The van der Waals surface area contributed by atoms with Crippen molar-refractivity contribution in [2.24, 2.45) is 10.9 Å². The van der Waals surface area contributed by atoms with Crippen molar-refractivity contribution in [2.45, 2.75) is 26.5 Å².